The second-order valence-electron chi connectivity index (χ2n) is 3.73. The molecule has 1 rings (SSSR count). The summed E-state index contributed by atoms with van der Waals surface area (Å²) in [6.07, 6.45) is -2.37. The van der Waals surface area contributed by atoms with E-state index in [0.29, 0.717) is 12.1 Å². The molecule has 1 atom stereocenters. The minimum atomic E-state index is -2.37. The highest BCUT2D eigenvalue weighted by molar-refractivity contribution is 5.33. The van der Waals surface area contributed by atoms with Gasteiger partial charge in [0.05, 0.1) is 6.04 Å². The van der Waals surface area contributed by atoms with Crippen molar-refractivity contribution in [2.24, 2.45) is 0 Å². The molecule has 1 unspecified atom stereocenters. The van der Waals surface area contributed by atoms with Crippen molar-refractivity contribution in [1.82, 2.24) is 5.32 Å². The average molecular weight is 213 g/mol. The summed E-state index contributed by atoms with van der Waals surface area (Å²) in [5.41, 5.74) is 2.71. The number of halogens is 2. The van der Waals surface area contributed by atoms with Gasteiger partial charge in [0.15, 0.2) is 0 Å². The van der Waals surface area contributed by atoms with E-state index in [1.54, 1.807) is 6.07 Å². The van der Waals surface area contributed by atoms with E-state index in [1.807, 2.05) is 32.9 Å². The molecular weight excluding hydrogens is 196 g/mol. The lowest BCUT2D eigenvalue weighted by atomic mass is 9.99. The van der Waals surface area contributed by atoms with Gasteiger partial charge in [-0.15, -0.1) is 0 Å². The lowest BCUT2D eigenvalue weighted by molar-refractivity contribution is 0.0990. The Morgan fingerprint density at radius 1 is 1.27 bits per heavy atom. The molecule has 0 spiro atoms. The van der Waals surface area contributed by atoms with Gasteiger partial charge in [-0.05, 0) is 31.5 Å². The van der Waals surface area contributed by atoms with Crippen molar-refractivity contribution in [3.63, 3.8) is 0 Å². The zero-order valence-corrected chi connectivity index (χ0v) is 9.35. The van der Waals surface area contributed by atoms with E-state index >= 15 is 0 Å². The van der Waals surface area contributed by atoms with E-state index in [1.165, 1.54) is 0 Å². The van der Waals surface area contributed by atoms with Crippen LogP contribution in [-0.2, 0) is 0 Å². The van der Waals surface area contributed by atoms with Crippen LogP contribution in [-0.4, -0.2) is 13.0 Å². The van der Waals surface area contributed by atoms with Crippen molar-refractivity contribution in [2.45, 2.75) is 33.2 Å². The Balaban J connectivity index is 3.00. The maximum Gasteiger partial charge on any atom is 0.257 e. The van der Waals surface area contributed by atoms with Crippen molar-refractivity contribution in [3.8, 4) is 0 Å². The van der Waals surface area contributed by atoms with Crippen molar-refractivity contribution in [2.75, 3.05) is 6.54 Å². The molecule has 0 radical (unpaired) electrons. The van der Waals surface area contributed by atoms with Crippen LogP contribution in [0.3, 0.4) is 0 Å². The summed E-state index contributed by atoms with van der Waals surface area (Å²) in [6, 6.07) is 4.73. The summed E-state index contributed by atoms with van der Waals surface area (Å²) in [5, 5.41) is 2.81. The summed E-state index contributed by atoms with van der Waals surface area (Å²) in [5.74, 6) is 0. The van der Waals surface area contributed by atoms with E-state index in [-0.39, 0.29) is 0 Å². The Morgan fingerprint density at radius 2 is 1.93 bits per heavy atom. The van der Waals surface area contributed by atoms with Gasteiger partial charge in [0.2, 0.25) is 0 Å². The van der Waals surface area contributed by atoms with Gasteiger partial charge in [0.25, 0.3) is 6.43 Å². The smallest absolute Gasteiger partial charge is 0.257 e. The first-order chi connectivity index (χ1) is 7.06. The molecule has 0 saturated carbocycles. The van der Waals surface area contributed by atoms with Crippen molar-refractivity contribution >= 4 is 0 Å². The molecule has 0 saturated heterocycles. The van der Waals surface area contributed by atoms with Crippen LogP contribution >= 0.6 is 0 Å². The molecule has 1 aromatic rings. The first-order valence-electron chi connectivity index (χ1n) is 5.15. The van der Waals surface area contributed by atoms with E-state index < -0.39 is 12.5 Å². The minimum Gasteiger partial charge on any atom is -0.305 e. The maximum atomic E-state index is 12.8. The largest absolute Gasteiger partial charge is 0.305 e. The van der Waals surface area contributed by atoms with Crippen LogP contribution in [0.1, 0.15) is 29.7 Å². The molecule has 0 aliphatic carbocycles. The lowest BCUT2D eigenvalue weighted by Gasteiger charge is -2.19. The molecule has 3 heteroatoms. The number of alkyl halides is 2. The van der Waals surface area contributed by atoms with Crippen LogP contribution in [0.25, 0.3) is 0 Å². The van der Waals surface area contributed by atoms with Crippen molar-refractivity contribution < 1.29 is 8.78 Å². The second kappa shape index (κ2) is 5.21. The molecule has 0 fully saturated rings. The summed E-state index contributed by atoms with van der Waals surface area (Å²) >= 11 is 0. The van der Waals surface area contributed by atoms with Crippen molar-refractivity contribution in [3.05, 3.63) is 34.9 Å². The molecular formula is C12H17F2N. The average Bonchev–Trinajstić information content (AvgIpc) is 2.15. The van der Waals surface area contributed by atoms with Gasteiger partial charge in [-0.3, -0.25) is 0 Å². The zero-order chi connectivity index (χ0) is 11.4. The van der Waals surface area contributed by atoms with Gasteiger partial charge in [-0.2, -0.15) is 0 Å². The van der Waals surface area contributed by atoms with E-state index in [4.69, 9.17) is 0 Å². The molecule has 0 aliphatic rings. The highest BCUT2D eigenvalue weighted by Gasteiger charge is 2.22. The number of hydrogen-bond acceptors (Lipinski definition) is 1. The SMILES string of the molecule is CCNC(c1ccc(C)cc1C)C(F)F. The van der Waals surface area contributed by atoms with Crippen LogP contribution in [0, 0.1) is 13.8 Å². The molecule has 84 valence electrons. The summed E-state index contributed by atoms with van der Waals surface area (Å²) < 4.78 is 25.6. The summed E-state index contributed by atoms with van der Waals surface area (Å²) in [7, 11) is 0. The third kappa shape index (κ3) is 2.99. The van der Waals surface area contributed by atoms with Crippen molar-refractivity contribution in [1.29, 1.82) is 0 Å². The van der Waals surface area contributed by atoms with Gasteiger partial charge in [0.1, 0.15) is 0 Å². The van der Waals surface area contributed by atoms with Gasteiger partial charge in [-0.1, -0.05) is 30.7 Å². The lowest BCUT2D eigenvalue weighted by Crippen LogP contribution is -2.27. The maximum absolute atomic E-state index is 12.8. The Morgan fingerprint density at radius 3 is 2.40 bits per heavy atom. The van der Waals surface area contributed by atoms with E-state index in [2.05, 4.69) is 5.32 Å². The predicted octanol–water partition coefficient (Wildman–Crippen LogP) is 3.22. The molecule has 0 heterocycles. The quantitative estimate of drug-likeness (QED) is 0.809. The van der Waals surface area contributed by atoms with Gasteiger partial charge < -0.3 is 5.32 Å². The molecule has 0 amide bonds. The second-order valence-corrected chi connectivity index (χ2v) is 3.73. The number of hydrogen-bond donors (Lipinski definition) is 1. The van der Waals surface area contributed by atoms with Gasteiger partial charge >= 0.3 is 0 Å². The fourth-order valence-corrected chi connectivity index (χ4v) is 1.73. The number of aryl methyl sites for hydroxylation is 2. The molecule has 1 nitrogen and oxygen atoms in total. The Hall–Kier alpha value is -0.960. The van der Waals surface area contributed by atoms with E-state index in [9.17, 15) is 8.78 Å². The molecule has 0 bridgehead atoms. The summed E-state index contributed by atoms with van der Waals surface area (Å²) in [6.45, 7) is 6.21. The molecule has 15 heavy (non-hydrogen) atoms. The molecule has 0 aromatic heterocycles. The Labute approximate surface area is 89.5 Å². The molecule has 0 aliphatic heterocycles. The highest BCUT2D eigenvalue weighted by Crippen LogP contribution is 2.24. The predicted molar refractivity (Wildman–Crippen MR) is 58.3 cm³/mol. The fourth-order valence-electron chi connectivity index (χ4n) is 1.73. The number of benzene rings is 1. The van der Waals surface area contributed by atoms with Crippen LogP contribution in [0.5, 0.6) is 0 Å². The molecule has 1 N–H and O–H groups in total. The van der Waals surface area contributed by atoms with Gasteiger partial charge in [0, 0.05) is 0 Å². The third-order valence-electron chi connectivity index (χ3n) is 2.44. The fraction of sp³-hybridized carbons (Fsp3) is 0.500. The standard InChI is InChI=1S/C12H17F2N/c1-4-15-11(12(13)14)10-6-5-8(2)7-9(10)3/h5-7,11-12,15H,4H2,1-3H3. The minimum absolute atomic E-state index is 0.544. The Kier molecular flexibility index (Phi) is 4.21. The topological polar surface area (TPSA) is 12.0 Å². The highest BCUT2D eigenvalue weighted by atomic mass is 19.3. The first-order valence-corrected chi connectivity index (χ1v) is 5.15. The summed E-state index contributed by atoms with van der Waals surface area (Å²) in [4.78, 5) is 0. The molecule has 1 aromatic carbocycles. The van der Waals surface area contributed by atoms with Crippen LogP contribution in [0.2, 0.25) is 0 Å². The Bertz CT molecular complexity index is 323. The first kappa shape index (κ1) is 12.1. The number of rotatable bonds is 4. The monoisotopic (exact) mass is 213 g/mol. The van der Waals surface area contributed by atoms with Gasteiger partial charge in [-0.25, -0.2) is 8.78 Å². The van der Waals surface area contributed by atoms with Crippen LogP contribution in [0.15, 0.2) is 18.2 Å². The van der Waals surface area contributed by atoms with Crippen LogP contribution in [0.4, 0.5) is 8.78 Å². The number of nitrogens with one attached hydrogen (secondary N) is 1. The normalized spacial score (nSPS) is 13.2. The zero-order valence-electron chi connectivity index (χ0n) is 9.35. The van der Waals surface area contributed by atoms with E-state index in [0.717, 1.165) is 11.1 Å². The third-order valence-corrected chi connectivity index (χ3v) is 2.44. The van der Waals surface area contributed by atoms with Crippen LogP contribution < -0.4 is 5.32 Å².